The van der Waals surface area contributed by atoms with Crippen molar-refractivity contribution in [3.63, 3.8) is 0 Å². The van der Waals surface area contributed by atoms with E-state index in [1.165, 1.54) is 22.4 Å². The maximum atomic E-state index is 3.79. The lowest BCUT2D eigenvalue weighted by atomic mass is 10.1. The summed E-state index contributed by atoms with van der Waals surface area (Å²) in [5, 5.41) is 7.14. The Labute approximate surface area is 148 Å². The Morgan fingerprint density at radius 1 is 1.29 bits per heavy atom. The van der Waals surface area contributed by atoms with Gasteiger partial charge >= 0.3 is 0 Å². The SMILES string of the molecule is C=C/C=C(\C=C/C)CN/C(=C\C(C)C)Nc1c(C)cccc1CC. The molecule has 0 bridgehead atoms. The minimum atomic E-state index is 0.461. The van der Waals surface area contributed by atoms with Crippen molar-refractivity contribution in [3.05, 3.63) is 77.7 Å². The van der Waals surface area contributed by atoms with Crippen molar-refractivity contribution in [3.8, 4) is 0 Å². The summed E-state index contributed by atoms with van der Waals surface area (Å²) < 4.78 is 0. The van der Waals surface area contributed by atoms with E-state index in [-0.39, 0.29) is 0 Å². The zero-order chi connectivity index (χ0) is 17.9. The molecule has 2 heteroatoms. The molecule has 0 amide bonds. The summed E-state index contributed by atoms with van der Waals surface area (Å²) in [6, 6.07) is 6.46. The van der Waals surface area contributed by atoms with Gasteiger partial charge in [-0.25, -0.2) is 0 Å². The molecule has 0 atom stereocenters. The molecule has 0 unspecified atom stereocenters. The fraction of sp³-hybridized carbons (Fsp3) is 0.364. The number of anilines is 1. The van der Waals surface area contributed by atoms with E-state index in [4.69, 9.17) is 0 Å². The minimum Gasteiger partial charge on any atom is -0.368 e. The Balaban J connectivity index is 3.00. The van der Waals surface area contributed by atoms with Crippen LogP contribution in [0.3, 0.4) is 0 Å². The van der Waals surface area contributed by atoms with Gasteiger partial charge in [0.1, 0.15) is 0 Å². The number of rotatable bonds is 9. The standard InChI is InChI=1S/C22H32N2/c1-7-11-19(12-8-2)16-23-21(15-17(4)5)24-22-18(6)13-10-14-20(22)9-3/h7-8,10-15,17,23-24H,1,9,16H2,2-6H3/b12-8-,19-11+,21-15+. The van der Waals surface area contributed by atoms with Gasteiger partial charge < -0.3 is 10.6 Å². The number of aryl methyl sites for hydroxylation is 2. The van der Waals surface area contributed by atoms with Gasteiger partial charge in [-0.15, -0.1) is 0 Å². The number of hydrogen-bond acceptors (Lipinski definition) is 2. The first kappa shape index (κ1) is 19.8. The molecule has 0 radical (unpaired) electrons. The highest BCUT2D eigenvalue weighted by Crippen LogP contribution is 2.22. The van der Waals surface area contributed by atoms with Crippen molar-refractivity contribution in [1.29, 1.82) is 0 Å². The lowest BCUT2D eigenvalue weighted by Crippen LogP contribution is -2.23. The average Bonchev–Trinajstić information content (AvgIpc) is 2.54. The van der Waals surface area contributed by atoms with Crippen molar-refractivity contribution in [2.75, 3.05) is 11.9 Å². The molecule has 0 aliphatic rings. The smallest absolute Gasteiger partial charge is 0.0995 e. The Morgan fingerprint density at radius 2 is 2.04 bits per heavy atom. The maximum Gasteiger partial charge on any atom is 0.0995 e. The van der Waals surface area contributed by atoms with E-state index in [9.17, 15) is 0 Å². The minimum absolute atomic E-state index is 0.461. The van der Waals surface area contributed by atoms with Gasteiger partial charge in [0.15, 0.2) is 0 Å². The molecule has 1 rings (SSSR count). The van der Waals surface area contributed by atoms with Crippen LogP contribution in [-0.2, 0) is 6.42 Å². The molecule has 1 aromatic carbocycles. The number of nitrogens with one attached hydrogen (secondary N) is 2. The summed E-state index contributed by atoms with van der Waals surface area (Å²) in [7, 11) is 0. The highest BCUT2D eigenvalue weighted by molar-refractivity contribution is 5.60. The Kier molecular flexibility index (Phi) is 8.70. The van der Waals surface area contributed by atoms with E-state index in [2.05, 4.69) is 75.3 Å². The molecular formula is C22H32N2. The summed E-state index contributed by atoms with van der Waals surface area (Å²) in [5.41, 5.74) is 5.01. The highest BCUT2D eigenvalue weighted by atomic mass is 15.1. The fourth-order valence-corrected chi connectivity index (χ4v) is 2.55. The summed E-state index contributed by atoms with van der Waals surface area (Å²) in [6.45, 7) is 15.3. The molecule has 2 nitrogen and oxygen atoms in total. The number of hydrogen-bond donors (Lipinski definition) is 2. The van der Waals surface area contributed by atoms with Gasteiger partial charge in [0.25, 0.3) is 0 Å². The third-order valence-electron chi connectivity index (χ3n) is 3.70. The van der Waals surface area contributed by atoms with Crippen LogP contribution >= 0.6 is 0 Å². The predicted octanol–water partition coefficient (Wildman–Crippen LogP) is 5.74. The normalized spacial score (nSPS) is 12.8. The lowest BCUT2D eigenvalue weighted by Gasteiger charge is -2.19. The second-order valence-electron chi connectivity index (χ2n) is 6.24. The van der Waals surface area contributed by atoms with Gasteiger partial charge in [0.05, 0.1) is 5.82 Å². The zero-order valence-electron chi connectivity index (χ0n) is 15.8. The van der Waals surface area contributed by atoms with Gasteiger partial charge in [-0.05, 0) is 49.0 Å². The molecule has 0 fully saturated rings. The maximum absolute atomic E-state index is 3.79. The fourth-order valence-electron chi connectivity index (χ4n) is 2.55. The molecule has 130 valence electrons. The van der Waals surface area contributed by atoms with Crippen LogP contribution in [0.15, 0.2) is 66.6 Å². The summed E-state index contributed by atoms with van der Waals surface area (Å²) >= 11 is 0. The van der Waals surface area contributed by atoms with Crippen molar-refractivity contribution in [2.24, 2.45) is 5.92 Å². The molecule has 2 N–H and O–H groups in total. The van der Waals surface area contributed by atoms with E-state index in [0.717, 1.165) is 18.8 Å². The van der Waals surface area contributed by atoms with E-state index in [1.54, 1.807) is 0 Å². The second kappa shape index (κ2) is 10.5. The van der Waals surface area contributed by atoms with Gasteiger partial charge in [-0.3, -0.25) is 0 Å². The predicted molar refractivity (Wildman–Crippen MR) is 108 cm³/mol. The summed E-state index contributed by atoms with van der Waals surface area (Å²) in [4.78, 5) is 0. The Morgan fingerprint density at radius 3 is 2.62 bits per heavy atom. The Hall–Kier alpha value is -2.22. The first-order chi connectivity index (χ1) is 11.5. The van der Waals surface area contributed by atoms with Crippen LogP contribution in [0.2, 0.25) is 0 Å². The zero-order valence-corrected chi connectivity index (χ0v) is 15.8. The topological polar surface area (TPSA) is 24.1 Å². The summed E-state index contributed by atoms with van der Waals surface area (Å²) in [5.74, 6) is 1.51. The van der Waals surface area contributed by atoms with Crippen molar-refractivity contribution >= 4 is 5.69 Å². The van der Waals surface area contributed by atoms with E-state index in [1.807, 2.05) is 25.2 Å². The number of para-hydroxylation sites is 1. The summed E-state index contributed by atoms with van der Waals surface area (Å²) in [6.07, 6.45) is 11.3. The molecule has 0 saturated carbocycles. The largest absolute Gasteiger partial charge is 0.368 e. The number of benzene rings is 1. The third-order valence-corrected chi connectivity index (χ3v) is 3.70. The molecule has 0 saturated heterocycles. The van der Waals surface area contributed by atoms with Gasteiger partial charge in [-0.1, -0.05) is 69.9 Å². The first-order valence-electron chi connectivity index (χ1n) is 8.77. The lowest BCUT2D eigenvalue weighted by molar-refractivity contribution is 0.788. The molecule has 0 aliphatic carbocycles. The van der Waals surface area contributed by atoms with E-state index >= 15 is 0 Å². The van der Waals surface area contributed by atoms with Crippen LogP contribution in [0.4, 0.5) is 5.69 Å². The van der Waals surface area contributed by atoms with Crippen molar-refractivity contribution in [1.82, 2.24) is 5.32 Å². The second-order valence-corrected chi connectivity index (χ2v) is 6.24. The molecule has 0 aromatic heterocycles. The van der Waals surface area contributed by atoms with Crippen LogP contribution in [0.5, 0.6) is 0 Å². The van der Waals surface area contributed by atoms with Crippen LogP contribution in [-0.4, -0.2) is 6.54 Å². The van der Waals surface area contributed by atoms with Crippen LogP contribution in [0.1, 0.15) is 38.8 Å². The van der Waals surface area contributed by atoms with Crippen LogP contribution in [0.25, 0.3) is 0 Å². The Bertz CT molecular complexity index is 619. The number of allylic oxidation sites excluding steroid dienone is 4. The molecule has 0 spiro atoms. The average molecular weight is 325 g/mol. The van der Waals surface area contributed by atoms with E-state index in [0.29, 0.717) is 5.92 Å². The van der Waals surface area contributed by atoms with E-state index < -0.39 is 0 Å². The molecule has 24 heavy (non-hydrogen) atoms. The van der Waals surface area contributed by atoms with Crippen molar-refractivity contribution < 1.29 is 0 Å². The molecular weight excluding hydrogens is 292 g/mol. The molecule has 0 heterocycles. The van der Waals surface area contributed by atoms with Gasteiger partial charge in [0, 0.05) is 12.2 Å². The molecule has 0 aliphatic heterocycles. The van der Waals surface area contributed by atoms with Crippen molar-refractivity contribution in [2.45, 2.75) is 41.0 Å². The monoisotopic (exact) mass is 324 g/mol. The quantitative estimate of drug-likeness (QED) is 0.566. The van der Waals surface area contributed by atoms with Gasteiger partial charge in [0.2, 0.25) is 0 Å². The third kappa shape index (κ3) is 6.49. The van der Waals surface area contributed by atoms with Gasteiger partial charge in [-0.2, -0.15) is 0 Å². The highest BCUT2D eigenvalue weighted by Gasteiger charge is 2.07. The van der Waals surface area contributed by atoms with Crippen LogP contribution < -0.4 is 10.6 Å². The van der Waals surface area contributed by atoms with Crippen LogP contribution in [0, 0.1) is 12.8 Å². The first-order valence-corrected chi connectivity index (χ1v) is 8.77. The molecule has 1 aromatic rings.